The van der Waals surface area contributed by atoms with Crippen molar-refractivity contribution in [2.24, 2.45) is 0 Å². The molecule has 0 bridgehead atoms. The normalized spacial score (nSPS) is 10.7. The molecule has 156 valence electrons. The van der Waals surface area contributed by atoms with Crippen LogP contribution in [-0.4, -0.2) is 32.3 Å². The maximum absolute atomic E-state index is 12.2. The molecule has 0 atom stereocenters. The van der Waals surface area contributed by atoms with Crippen LogP contribution in [0.3, 0.4) is 0 Å². The number of hydrogen-bond acceptors (Lipinski definition) is 7. The van der Waals surface area contributed by atoms with Gasteiger partial charge in [-0.25, -0.2) is 9.59 Å². The Labute approximate surface area is 175 Å². The molecular formula is C23H23NO6. The molecule has 0 N–H and O–H groups in total. The zero-order chi connectivity index (χ0) is 22.1. The van der Waals surface area contributed by atoms with Crippen LogP contribution in [0.1, 0.15) is 23.6 Å². The summed E-state index contributed by atoms with van der Waals surface area (Å²) in [7, 11) is 1.42. The number of rotatable bonds is 8. The molecule has 0 radical (unpaired) electrons. The van der Waals surface area contributed by atoms with Crippen molar-refractivity contribution in [1.29, 1.82) is 5.26 Å². The largest absolute Gasteiger partial charge is 0.493 e. The van der Waals surface area contributed by atoms with Crippen molar-refractivity contribution < 1.29 is 28.5 Å². The molecule has 7 nitrogen and oxygen atoms in total. The molecule has 0 aromatic heterocycles. The summed E-state index contributed by atoms with van der Waals surface area (Å²) in [6.07, 6.45) is 1.37. The van der Waals surface area contributed by atoms with Crippen LogP contribution in [0.2, 0.25) is 0 Å². The second-order valence-electron chi connectivity index (χ2n) is 6.26. The van der Waals surface area contributed by atoms with Gasteiger partial charge in [-0.3, -0.25) is 0 Å². The van der Waals surface area contributed by atoms with Gasteiger partial charge in [0, 0.05) is 0 Å². The molecule has 0 spiro atoms. The standard InChI is InChI=1S/C23H23NO6/c1-5-28-23(26)18(13-24)11-17-9-10-20(21(12-17)27-4)30-22(25)14-29-19-8-6-7-15(2)16(19)3/h6-12H,5,14H2,1-4H3/b18-11+. The van der Waals surface area contributed by atoms with E-state index >= 15 is 0 Å². The highest BCUT2D eigenvalue weighted by atomic mass is 16.6. The first-order chi connectivity index (χ1) is 14.4. The smallest absolute Gasteiger partial charge is 0.349 e. The predicted octanol–water partition coefficient (Wildman–Crippen LogP) is 3.77. The van der Waals surface area contributed by atoms with Gasteiger partial charge in [0.05, 0.1) is 13.7 Å². The number of nitriles is 1. The van der Waals surface area contributed by atoms with E-state index in [1.807, 2.05) is 26.0 Å². The summed E-state index contributed by atoms with van der Waals surface area (Å²) in [5.41, 5.74) is 2.38. The number of methoxy groups -OCH3 is 1. The number of nitrogens with zero attached hydrogens (tertiary/aromatic N) is 1. The summed E-state index contributed by atoms with van der Waals surface area (Å²) in [5, 5.41) is 9.14. The molecular weight excluding hydrogens is 386 g/mol. The fourth-order valence-corrected chi connectivity index (χ4v) is 2.54. The van der Waals surface area contributed by atoms with Crippen LogP contribution < -0.4 is 14.2 Å². The van der Waals surface area contributed by atoms with E-state index in [1.54, 1.807) is 31.2 Å². The summed E-state index contributed by atoms with van der Waals surface area (Å²) in [6.45, 7) is 5.43. The first-order valence-corrected chi connectivity index (χ1v) is 9.26. The number of esters is 2. The molecule has 0 saturated carbocycles. The third kappa shape index (κ3) is 5.85. The molecule has 2 aromatic rings. The average molecular weight is 409 g/mol. The van der Waals surface area contributed by atoms with Crippen molar-refractivity contribution in [3.63, 3.8) is 0 Å². The van der Waals surface area contributed by atoms with Crippen LogP contribution >= 0.6 is 0 Å². The van der Waals surface area contributed by atoms with Gasteiger partial charge in [0.1, 0.15) is 17.4 Å². The van der Waals surface area contributed by atoms with Crippen molar-refractivity contribution in [3.05, 3.63) is 58.7 Å². The van der Waals surface area contributed by atoms with Gasteiger partial charge in [0.15, 0.2) is 18.1 Å². The van der Waals surface area contributed by atoms with E-state index in [9.17, 15) is 9.59 Å². The Morgan fingerprint density at radius 3 is 2.53 bits per heavy atom. The molecule has 0 amide bonds. The molecule has 0 heterocycles. The highest BCUT2D eigenvalue weighted by Gasteiger charge is 2.14. The summed E-state index contributed by atoms with van der Waals surface area (Å²) in [6, 6.07) is 12.1. The first-order valence-electron chi connectivity index (χ1n) is 9.26. The Morgan fingerprint density at radius 1 is 1.10 bits per heavy atom. The third-order valence-electron chi connectivity index (χ3n) is 4.24. The lowest BCUT2D eigenvalue weighted by Gasteiger charge is -2.12. The van der Waals surface area contributed by atoms with Gasteiger partial charge in [-0.05, 0) is 61.7 Å². The molecule has 0 fully saturated rings. The molecule has 0 aliphatic heterocycles. The van der Waals surface area contributed by atoms with Crippen LogP contribution in [0.15, 0.2) is 42.0 Å². The lowest BCUT2D eigenvalue weighted by molar-refractivity contribution is -0.138. The van der Waals surface area contributed by atoms with E-state index in [4.69, 9.17) is 24.2 Å². The Morgan fingerprint density at radius 2 is 1.87 bits per heavy atom. The molecule has 2 rings (SSSR count). The highest BCUT2D eigenvalue weighted by Crippen LogP contribution is 2.29. The van der Waals surface area contributed by atoms with Gasteiger partial charge in [-0.15, -0.1) is 0 Å². The van der Waals surface area contributed by atoms with Crippen molar-refractivity contribution in [2.75, 3.05) is 20.3 Å². The van der Waals surface area contributed by atoms with Gasteiger partial charge >= 0.3 is 11.9 Å². The van der Waals surface area contributed by atoms with Gasteiger partial charge in [0.2, 0.25) is 0 Å². The number of aryl methyl sites for hydroxylation is 1. The number of ether oxygens (including phenoxy) is 4. The molecule has 30 heavy (non-hydrogen) atoms. The van der Waals surface area contributed by atoms with E-state index in [2.05, 4.69) is 0 Å². The molecule has 0 aliphatic rings. The fourth-order valence-electron chi connectivity index (χ4n) is 2.54. The quantitative estimate of drug-likeness (QED) is 0.283. The Kier molecular flexibility index (Phi) is 8.00. The van der Waals surface area contributed by atoms with E-state index in [1.165, 1.54) is 19.3 Å². The number of carbonyl (C=O) groups excluding carboxylic acids is 2. The van der Waals surface area contributed by atoms with Crippen molar-refractivity contribution in [3.8, 4) is 23.3 Å². The summed E-state index contributed by atoms with van der Waals surface area (Å²) in [5.74, 6) is -0.231. The molecule has 7 heteroatoms. The minimum atomic E-state index is -0.710. The maximum atomic E-state index is 12.2. The minimum absolute atomic E-state index is 0.148. The Bertz CT molecular complexity index is 1000. The van der Waals surface area contributed by atoms with Gasteiger partial charge in [0.25, 0.3) is 0 Å². The van der Waals surface area contributed by atoms with Crippen molar-refractivity contribution in [1.82, 2.24) is 0 Å². The zero-order valence-electron chi connectivity index (χ0n) is 17.4. The van der Waals surface area contributed by atoms with E-state index in [0.717, 1.165) is 11.1 Å². The van der Waals surface area contributed by atoms with Gasteiger partial charge in [-0.2, -0.15) is 5.26 Å². The topological polar surface area (TPSA) is 94.9 Å². The van der Waals surface area contributed by atoms with Gasteiger partial charge in [-0.1, -0.05) is 18.2 Å². The van der Waals surface area contributed by atoms with Crippen LogP contribution in [0.5, 0.6) is 17.2 Å². The summed E-state index contributed by atoms with van der Waals surface area (Å²) in [4.78, 5) is 24.0. The third-order valence-corrected chi connectivity index (χ3v) is 4.24. The van der Waals surface area contributed by atoms with Crippen LogP contribution in [0.25, 0.3) is 6.08 Å². The Balaban J connectivity index is 2.11. The maximum Gasteiger partial charge on any atom is 0.349 e. The van der Waals surface area contributed by atoms with Crippen LogP contribution in [0, 0.1) is 25.2 Å². The predicted molar refractivity (Wildman–Crippen MR) is 110 cm³/mol. The SMILES string of the molecule is CCOC(=O)/C(C#N)=C/c1ccc(OC(=O)COc2cccc(C)c2C)c(OC)c1. The van der Waals surface area contributed by atoms with E-state index < -0.39 is 11.9 Å². The average Bonchev–Trinajstić information content (AvgIpc) is 2.74. The van der Waals surface area contributed by atoms with E-state index in [-0.39, 0.29) is 30.3 Å². The molecule has 0 aliphatic carbocycles. The summed E-state index contributed by atoms with van der Waals surface area (Å²) < 4.78 is 21.0. The monoisotopic (exact) mass is 409 g/mol. The summed E-state index contributed by atoms with van der Waals surface area (Å²) >= 11 is 0. The number of benzene rings is 2. The van der Waals surface area contributed by atoms with Crippen molar-refractivity contribution in [2.45, 2.75) is 20.8 Å². The van der Waals surface area contributed by atoms with E-state index in [0.29, 0.717) is 11.3 Å². The number of carbonyl (C=O) groups is 2. The minimum Gasteiger partial charge on any atom is -0.493 e. The first kappa shape index (κ1) is 22.5. The zero-order valence-corrected chi connectivity index (χ0v) is 17.4. The molecule has 0 saturated heterocycles. The van der Waals surface area contributed by atoms with Crippen LogP contribution in [0.4, 0.5) is 0 Å². The second kappa shape index (κ2) is 10.7. The van der Waals surface area contributed by atoms with Crippen LogP contribution in [-0.2, 0) is 14.3 Å². The highest BCUT2D eigenvalue weighted by molar-refractivity contribution is 5.98. The number of hydrogen-bond donors (Lipinski definition) is 0. The lowest BCUT2D eigenvalue weighted by atomic mass is 10.1. The lowest BCUT2D eigenvalue weighted by Crippen LogP contribution is -2.18. The van der Waals surface area contributed by atoms with Crippen molar-refractivity contribution >= 4 is 18.0 Å². The Hall–Kier alpha value is -3.79. The second-order valence-corrected chi connectivity index (χ2v) is 6.26. The molecule has 2 aromatic carbocycles. The van der Waals surface area contributed by atoms with Gasteiger partial charge < -0.3 is 18.9 Å². The molecule has 0 unspecified atom stereocenters. The fraction of sp³-hybridized carbons (Fsp3) is 0.261.